The second-order valence-corrected chi connectivity index (χ2v) is 4.97. The Morgan fingerprint density at radius 3 is 2.65 bits per heavy atom. The maximum Gasteiger partial charge on any atom is 0.287 e. The minimum Gasteiger partial charge on any atom is -0.321 e. The number of nitrogens with one attached hydrogen (secondary N) is 1. The Kier molecular flexibility index (Phi) is 4.31. The van der Waals surface area contributed by atoms with Crippen molar-refractivity contribution in [2.24, 2.45) is 0 Å². The predicted molar refractivity (Wildman–Crippen MR) is 78.0 cm³/mol. The molecule has 0 saturated heterocycles. The fraction of sp³-hybridized carbons (Fsp3) is 0. The second-order valence-electron chi connectivity index (χ2n) is 3.75. The normalized spacial score (nSPS) is 10.1. The summed E-state index contributed by atoms with van der Waals surface area (Å²) in [7, 11) is 0. The van der Waals surface area contributed by atoms with Crippen molar-refractivity contribution < 1.29 is 9.72 Å². The highest BCUT2D eigenvalue weighted by Gasteiger charge is 2.15. The number of rotatable bonds is 3. The molecule has 0 spiro atoms. The van der Waals surface area contributed by atoms with Crippen LogP contribution >= 0.6 is 27.5 Å². The van der Waals surface area contributed by atoms with Crippen molar-refractivity contribution in [1.82, 2.24) is 4.98 Å². The molecule has 2 rings (SSSR count). The number of nitro groups is 1. The number of anilines is 1. The molecule has 20 heavy (non-hydrogen) atoms. The van der Waals surface area contributed by atoms with E-state index in [4.69, 9.17) is 11.6 Å². The zero-order valence-electron chi connectivity index (χ0n) is 9.84. The Hall–Kier alpha value is -1.99. The molecular weight excluding hydrogens is 350 g/mol. The zero-order valence-corrected chi connectivity index (χ0v) is 12.2. The summed E-state index contributed by atoms with van der Waals surface area (Å²) in [5, 5.41) is 13.2. The molecule has 0 bridgehead atoms. The third kappa shape index (κ3) is 3.31. The Labute approximate surface area is 127 Å². The summed E-state index contributed by atoms with van der Waals surface area (Å²) >= 11 is 8.93. The van der Waals surface area contributed by atoms with E-state index in [0.717, 1.165) is 0 Å². The molecule has 102 valence electrons. The third-order valence-electron chi connectivity index (χ3n) is 2.39. The van der Waals surface area contributed by atoms with Crippen LogP contribution in [0.3, 0.4) is 0 Å². The van der Waals surface area contributed by atoms with Crippen LogP contribution in [0.1, 0.15) is 10.4 Å². The van der Waals surface area contributed by atoms with Gasteiger partial charge in [-0.1, -0.05) is 11.6 Å². The minimum absolute atomic E-state index is 0.0865. The van der Waals surface area contributed by atoms with Crippen molar-refractivity contribution >= 4 is 44.8 Å². The first-order valence-corrected chi connectivity index (χ1v) is 6.51. The van der Waals surface area contributed by atoms with Crippen LogP contribution in [-0.2, 0) is 0 Å². The number of benzene rings is 1. The largest absolute Gasteiger partial charge is 0.321 e. The lowest BCUT2D eigenvalue weighted by Gasteiger charge is -2.05. The van der Waals surface area contributed by atoms with Crippen LogP contribution in [-0.4, -0.2) is 15.8 Å². The summed E-state index contributed by atoms with van der Waals surface area (Å²) < 4.78 is 0.647. The molecule has 6 nitrogen and oxygen atoms in total. The van der Waals surface area contributed by atoms with E-state index in [1.54, 1.807) is 12.1 Å². The Bertz CT molecular complexity index is 676. The average molecular weight is 357 g/mol. The van der Waals surface area contributed by atoms with Gasteiger partial charge in [-0.25, -0.2) is 4.98 Å². The lowest BCUT2D eigenvalue weighted by molar-refractivity contribution is -0.384. The van der Waals surface area contributed by atoms with Crippen LogP contribution in [0.15, 0.2) is 41.1 Å². The molecule has 0 aliphatic rings. The molecule has 1 aromatic heterocycles. The van der Waals surface area contributed by atoms with Gasteiger partial charge in [0.2, 0.25) is 0 Å². The molecule has 0 radical (unpaired) electrons. The standard InChI is InChI=1S/C12H7BrClN3O3/c13-11-4-2-8(6-15-11)16-12(18)7-1-3-10(17(19)20)9(14)5-7/h1-6H,(H,16,18). The number of carbonyl (C=O) groups excluding carboxylic acids is 1. The smallest absolute Gasteiger partial charge is 0.287 e. The van der Waals surface area contributed by atoms with Gasteiger partial charge in [-0.3, -0.25) is 14.9 Å². The van der Waals surface area contributed by atoms with Crippen LogP contribution in [0.25, 0.3) is 0 Å². The topological polar surface area (TPSA) is 85.1 Å². The van der Waals surface area contributed by atoms with Crippen molar-refractivity contribution in [3.63, 3.8) is 0 Å². The molecular formula is C12H7BrClN3O3. The molecule has 0 saturated carbocycles. The van der Waals surface area contributed by atoms with Gasteiger partial charge >= 0.3 is 0 Å². The van der Waals surface area contributed by atoms with Crippen LogP contribution in [0.4, 0.5) is 11.4 Å². The molecule has 0 aliphatic heterocycles. The van der Waals surface area contributed by atoms with Crippen LogP contribution in [0, 0.1) is 10.1 Å². The monoisotopic (exact) mass is 355 g/mol. The van der Waals surface area contributed by atoms with E-state index >= 15 is 0 Å². The van der Waals surface area contributed by atoms with Crippen molar-refractivity contribution in [3.05, 3.63) is 61.8 Å². The lowest BCUT2D eigenvalue weighted by Crippen LogP contribution is -2.12. The van der Waals surface area contributed by atoms with Crippen LogP contribution in [0.2, 0.25) is 5.02 Å². The fourth-order valence-electron chi connectivity index (χ4n) is 1.45. The molecule has 2 aromatic rings. The van der Waals surface area contributed by atoms with E-state index in [9.17, 15) is 14.9 Å². The molecule has 1 aromatic carbocycles. The minimum atomic E-state index is -0.608. The fourth-order valence-corrected chi connectivity index (χ4v) is 1.93. The first-order valence-electron chi connectivity index (χ1n) is 5.34. The maximum atomic E-state index is 12.0. The Morgan fingerprint density at radius 2 is 2.10 bits per heavy atom. The number of nitro benzene ring substituents is 1. The molecule has 0 aliphatic carbocycles. The number of aromatic nitrogens is 1. The van der Waals surface area contributed by atoms with Gasteiger partial charge in [-0.05, 0) is 40.2 Å². The van der Waals surface area contributed by atoms with Gasteiger partial charge in [0, 0.05) is 11.6 Å². The van der Waals surface area contributed by atoms with Crippen LogP contribution < -0.4 is 5.32 Å². The van der Waals surface area contributed by atoms with Crippen molar-refractivity contribution in [3.8, 4) is 0 Å². The molecule has 1 amide bonds. The molecule has 8 heteroatoms. The maximum absolute atomic E-state index is 12.0. The number of nitrogens with zero attached hydrogens (tertiary/aromatic N) is 2. The number of hydrogen-bond donors (Lipinski definition) is 1. The van der Waals surface area contributed by atoms with Gasteiger partial charge in [0.1, 0.15) is 9.63 Å². The summed E-state index contributed by atoms with van der Waals surface area (Å²) in [5.41, 5.74) is 0.490. The SMILES string of the molecule is O=C(Nc1ccc(Br)nc1)c1ccc([N+](=O)[O-])c(Cl)c1. The van der Waals surface area contributed by atoms with E-state index in [1.165, 1.54) is 24.4 Å². The van der Waals surface area contributed by atoms with Gasteiger partial charge in [0.05, 0.1) is 16.8 Å². The number of halogens is 2. The van der Waals surface area contributed by atoms with Crippen molar-refractivity contribution in [2.45, 2.75) is 0 Å². The highest BCUT2D eigenvalue weighted by molar-refractivity contribution is 9.10. The van der Waals surface area contributed by atoms with E-state index in [1.807, 2.05) is 0 Å². The van der Waals surface area contributed by atoms with E-state index in [2.05, 4.69) is 26.2 Å². The molecule has 1 N–H and O–H groups in total. The van der Waals surface area contributed by atoms with E-state index < -0.39 is 10.8 Å². The number of carbonyl (C=O) groups is 1. The molecule has 0 atom stereocenters. The molecule has 0 unspecified atom stereocenters. The quantitative estimate of drug-likeness (QED) is 0.516. The second kappa shape index (κ2) is 5.98. The van der Waals surface area contributed by atoms with Gasteiger partial charge in [-0.15, -0.1) is 0 Å². The van der Waals surface area contributed by atoms with Gasteiger partial charge in [-0.2, -0.15) is 0 Å². The summed E-state index contributed by atoms with van der Waals surface area (Å²) in [6, 6.07) is 7.13. The Balaban J connectivity index is 2.19. The number of hydrogen-bond acceptors (Lipinski definition) is 4. The zero-order chi connectivity index (χ0) is 14.7. The number of amides is 1. The van der Waals surface area contributed by atoms with Gasteiger partial charge in [0.25, 0.3) is 11.6 Å². The van der Waals surface area contributed by atoms with Crippen molar-refractivity contribution in [1.29, 1.82) is 0 Å². The van der Waals surface area contributed by atoms with E-state index in [0.29, 0.717) is 10.3 Å². The van der Waals surface area contributed by atoms with Gasteiger partial charge in [0.15, 0.2) is 0 Å². The highest BCUT2D eigenvalue weighted by Crippen LogP contribution is 2.25. The highest BCUT2D eigenvalue weighted by atomic mass is 79.9. The third-order valence-corrected chi connectivity index (χ3v) is 3.16. The summed E-state index contributed by atoms with van der Waals surface area (Å²) in [5.74, 6) is -0.425. The lowest BCUT2D eigenvalue weighted by atomic mass is 10.2. The molecule has 0 fully saturated rings. The van der Waals surface area contributed by atoms with Crippen LogP contribution in [0.5, 0.6) is 0 Å². The summed E-state index contributed by atoms with van der Waals surface area (Å²) in [6.07, 6.45) is 1.48. The summed E-state index contributed by atoms with van der Waals surface area (Å²) in [4.78, 5) is 25.9. The number of pyridine rings is 1. The molecule has 1 heterocycles. The first kappa shape index (κ1) is 14.4. The average Bonchev–Trinajstić information content (AvgIpc) is 2.40. The predicted octanol–water partition coefficient (Wildman–Crippen LogP) is 3.66. The van der Waals surface area contributed by atoms with Gasteiger partial charge < -0.3 is 5.32 Å². The first-order chi connectivity index (χ1) is 9.47. The Morgan fingerprint density at radius 1 is 1.35 bits per heavy atom. The van der Waals surface area contributed by atoms with E-state index in [-0.39, 0.29) is 16.3 Å². The summed E-state index contributed by atoms with van der Waals surface area (Å²) in [6.45, 7) is 0. The van der Waals surface area contributed by atoms with Crippen molar-refractivity contribution in [2.75, 3.05) is 5.32 Å².